The molecule has 0 saturated heterocycles. The molecule has 0 aliphatic rings. The number of phosphoric acid groups is 2. The molecule has 0 bridgehead atoms. The number of carbonyl (C=O) groups is 4. The third kappa shape index (κ3) is 65.1. The van der Waals surface area contributed by atoms with Crippen molar-refractivity contribution in [1.29, 1.82) is 0 Å². The number of unbranched alkanes of at least 4 members (excludes halogenated alkanes) is 37. The second-order valence-corrected chi connectivity index (χ2v) is 30.1. The van der Waals surface area contributed by atoms with Gasteiger partial charge < -0.3 is 33.8 Å². The van der Waals surface area contributed by atoms with Gasteiger partial charge in [-0.1, -0.05) is 312 Å². The molecule has 0 aromatic carbocycles. The van der Waals surface area contributed by atoms with Gasteiger partial charge in [-0.05, 0) is 43.4 Å². The van der Waals surface area contributed by atoms with Crippen LogP contribution in [0.5, 0.6) is 0 Å². The van der Waals surface area contributed by atoms with Gasteiger partial charge >= 0.3 is 39.5 Å². The number of rotatable bonds is 70. The van der Waals surface area contributed by atoms with Gasteiger partial charge in [0.15, 0.2) is 12.2 Å². The summed E-state index contributed by atoms with van der Waals surface area (Å²) in [7, 11) is -9.90. The second-order valence-electron chi connectivity index (χ2n) is 27.2. The van der Waals surface area contributed by atoms with E-state index in [-0.39, 0.29) is 25.7 Å². The fourth-order valence-corrected chi connectivity index (χ4v) is 12.4. The molecule has 6 atom stereocenters. The summed E-state index contributed by atoms with van der Waals surface area (Å²) < 4.78 is 68.4. The zero-order valence-electron chi connectivity index (χ0n) is 59.3. The van der Waals surface area contributed by atoms with E-state index in [1.807, 2.05) is 0 Å². The Morgan fingerprint density at radius 2 is 0.560 bits per heavy atom. The van der Waals surface area contributed by atoms with Gasteiger partial charge in [0.1, 0.15) is 19.3 Å². The average molecular weight is 1340 g/mol. The highest BCUT2D eigenvalue weighted by atomic mass is 31.2. The maximum atomic E-state index is 13.0. The third-order valence-electron chi connectivity index (χ3n) is 17.0. The predicted octanol–water partition coefficient (Wildman–Crippen LogP) is 20.6. The molecule has 19 heteroatoms. The van der Waals surface area contributed by atoms with Crippen LogP contribution in [0.3, 0.4) is 0 Å². The Morgan fingerprint density at radius 3 is 0.835 bits per heavy atom. The van der Waals surface area contributed by atoms with Crippen molar-refractivity contribution >= 4 is 39.5 Å². The largest absolute Gasteiger partial charge is 0.472 e. The van der Waals surface area contributed by atoms with Gasteiger partial charge in [0.25, 0.3) is 0 Å². The van der Waals surface area contributed by atoms with Crippen molar-refractivity contribution < 1.29 is 80.2 Å². The summed E-state index contributed by atoms with van der Waals surface area (Å²) in [5.41, 5.74) is 0. The molecule has 3 N–H and O–H groups in total. The summed E-state index contributed by atoms with van der Waals surface area (Å²) in [5, 5.41) is 10.6. The Morgan fingerprint density at radius 1 is 0.319 bits per heavy atom. The molecule has 0 aromatic rings. The Kier molecular flexibility index (Phi) is 61.5. The topological polar surface area (TPSA) is 237 Å². The van der Waals surface area contributed by atoms with Gasteiger partial charge in [0, 0.05) is 25.7 Å². The Bertz CT molecular complexity index is 1790. The van der Waals surface area contributed by atoms with E-state index in [0.717, 1.165) is 114 Å². The van der Waals surface area contributed by atoms with E-state index >= 15 is 0 Å². The van der Waals surface area contributed by atoms with Gasteiger partial charge in [-0.3, -0.25) is 37.3 Å². The van der Waals surface area contributed by atoms with Gasteiger partial charge in [-0.2, -0.15) is 0 Å². The van der Waals surface area contributed by atoms with E-state index < -0.39 is 97.5 Å². The van der Waals surface area contributed by atoms with Gasteiger partial charge in [0.2, 0.25) is 0 Å². The van der Waals surface area contributed by atoms with Crippen LogP contribution < -0.4 is 0 Å². The fourth-order valence-electron chi connectivity index (χ4n) is 10.9. The van der Waals surface area contributed by atoms with Crippen molar-refractivity contribution in [2.24, 2.45) is 17.8 Å². The maximum absolute atomic E-state index is 13.0. The van der Waals surface area contributed by atoms with E-state index in [1.54, 1.807) is 0 Å². The Balaban J connectivity index is 5.26. The molecule has 0 rings (SSSR count). The smallest absolute Gasteiger partial charge is 0.462 e. The van der Waals surface area contributed by atoms with Gasteiger partial charge in [0.05, 0.1) is 26.4 Å². The molecule has 0 amide bonds. The van der Waals surface area contributed by atoms with Crippen LogP contribution in [-0.2, 0) is 65.4 Å². The summed E-state index contributed by atoms with van der Waals surface area (Å²) in [6.45, 7) is 11.8. The fraction of sp³-hybridized carbons (Fsp3) is 0.944. The lowest BCUT2D eigenvalue weighted by atomic mass is 10.00. The van der Waals surface area contributed by atoms with Gasteiger partial charge in [-0.15, -0.1) is 0 Å². The molecule has 91 heavy (non-hydrogen) atoms. The highest BCUT2D eigenvalue weighted by Crippen LogP contribution is 2.45. The van der Waals surface area contributed by atoms with Crippen LogP contribution in [0.4, 0.5) is 0 Å². The van der Waals surface area contributed by atoms with Crippen LogP contribution in [-0.4, -0.2) is 96.7 Å². The lowest BCUT2D eigenvalue weighted by Gasteiger charge is -2.21. The standard InChI is InChI=1S/C72H140O17P2/c1-8-10-11-12-13-14-15-20-27-32-41-48-55-71(76)89-68(60-83-70(75)54-47-40-35-34-38-45-52-65(7)9-2)62-87-91(80,81)85-58-66(73)57-84-90(78,79)86-61-67(59-82-69(74)53-46-39-31-26-23-22-25-30-37-44-51-64(5)6)88-72(77)56-49-42-33-28-21-18-16-17-19-24-29-36-43-50-63(3)4/h63-68,73H,8-62H2,1-7H3,(H,78,79)(H,80,81)/t65?,66-,67-,68-/m1/s1. The third-order valence-corrected chi connectivity index (χ3v) is 18.9. The number of phosphoric ester groups is 2. The molecule has 0 fully saturated rings. The summed E-state index contributed by atoms with van der Waals surface area (Å²) in [6, 6.07) is 0. The summed E-state index contributed by atoms with van der Waals surface area (Å²) in [5.74, 6) is 0.153. The van der Waals surface area contributed by atoms with Crippen molar-refractivity contribution in [2.45, 2.75) is 381 Å². The molecular weight excluding hydrogens is 1200 g/mol. The van der Waals surface area contributed by atoms with Crippen LogP contribution in [0.25, 0.3) is 0 Å². The molecule has 0 aromatic heterocycles. The van der Waals surface area contributed by atoms with E-state index in [1.165, 1.54) is 167 Å². The lowest BCUT2D eigenvalue weighted by Crippen LogP contribution is -2.30. The first-order valence-electron chi connectivity index (χ1n) is 37.4. The molecule has 0 radical (unpaired) electrons. The molecule has 0 heterocycles. The van der Waals surface area contributed by atoms with Crippen molar-refractivity contribution in [3.63, 3.8) is 0 Å². The minimum Gasteiger partial charge on any atom is -0.462 e. The molecule has 540 valence electrons. The Labute approximate surface area is 556 Å². The van der Waals surface area contributed by atoms with E-state index in [4.69, 9.17) is 37.0 Å². The summed E-state index contributed by atoms with van der Waals surface area (Å²) in [4.78, 5) is 72.6. The number of carbonyl (C=O) groups excluding carboxylic acids is 4. The molecule has 0 saturated carbocycles. The SMILES string of the molecule is CCCCCCCCCCCCCCC(=O)O[C@H](COC(=O)CCCCCCCCC(C)CC)COP(=O)(O)OC[C@H](O)COP(=O)(O)OC[C@@H](COC(=O)CCCCCCCCCCCCC(C)C)OC(=O)CCCCCCCCCCCCCCCC(C)C. The van der Waals surface area contributed by atoms with Crippen LogP contribution in [0, 0.1) is 17.8 Å². The minimum atomic E-state index is -4.95. The van der Waals surface area contributed by atoms with Crippen molar-refractivity contribution in [3.8, 4) is 0 Å². The highest BCUT2D eigenvalue weighted by Gasteiger charge is 2.30. The summed E-state index contributed by atoms with van der Waals surface area (Å²) in [6.07, 6.45) is 47.1. The van der Waals surface area contributed by atoms with E-state index in [2.05, 4.69) is 48.5 Å². The minimum absolute atomic E-state index is 0.106. The van der Waals surface area contributed by atoms with E-state index in [0.29, 0.717) is 25.7 Å². The molecule has 3 unspecified atom stereocenters. The van der Waals surface area contributed by atoms with E-state index in [9.17, 15) is 43.2 Å². The average Bonchev–Trinajstić information content (AvgIpc) is 3.63. The van der Waals surface area contributed by atoms with Crippen LogP contribution in [0.2, 0.25) is 0 Å². The quantitative estimate of drug-likeness (QED) is 0.0222. The first kappa shape index (κ1) is 89.1. The first-order chi connectivity index (χ1) is 43.8. The maximum Gasteiger partial charge on any atom is 0.472 e. The molecule has 0 aliphatic carbocycles. The van der Waals surface area contributed by atoms with Crippen molar-refractivity contribution in [3.05, 3.63) is 0 Å². The zero-order chi connectivity index (χ0) is 67.3. The number of aliphatic hydroxyl groups is 1. The summed E-state index contributed by atoms with van der Waals surface area (Å²) >= 11 is 0. The van der Waals surface area contributed by atoms with Crippen molar-refractivity contribution in [1.82, 2.24) is 0 Å². The molecule has 17 nitrogen and oxygen atoms in total. The predicted molar refractivity (Wildman–Crippen MR) is 368 cm³/mol. The molecule has 0 spiro atoms. The Hall–Kier alpha value is -1.94. The van der Waals surface area contributed by atoms with Crippen LogP contribution in [0.1, 0.15) is 363 Å². The first-order valence-corrected chi connectivity index (χ1v) is 40.4. The lowest BCUT2D eigenvalue weighted by molar-refractivity contribution is -0.161. The number of hydrogen-bond acceptors (Lipinski definition) is 15. The van der Waals surface area contributed by atoms with Gasteiger partial charge in [-0.25, -0.2) is 9.13 Å². The zero-order valence-corrected chi connectivity index (χ0v) is 61.1. The van der Waals surface area contributed by atoms with Crippen molar-refractivity contribution in [2.75, 3.05) is 39.6 Å². The van der Waals surface area contributed by atoms with Crippen LogP contribution >= 0.6 is 15.6 Å². The molecule has 0 aliphatic heterocycles. The normalized spacial score (nSPS) is 14.5. The molecular formula is C72H140O17P2. The number of aliphatic hydroxyl groups excluding tert-OH is 1. The highest BCUT2D eigenvalue weighted by molar-refractivity contribution is 7.47. The number of hydrogen-bond donors (Lipinski definition) is 3. The van der Waals surface area contributed by atoms with Crippen LogP contribution in [0.15, 0.2) is 0 Å². The second kappa shape index (κ2) is 62.8. The number of ether oxygens (including phenoxy) is 4. The monoisotopic (exact) mass is 1340 g/mol. The number of esters is 4.